The Hall–Kier alpha value is -4.01. The quantitative estimate of drug-likeness (QED) is 0.403. The van der Waals surface area contributed by atoms with Gasteiger partial charge < -0.3 is 20.1 Å². The minimum atomic E-state index is -0.660. The first-order valence-electron chi connectivity index (χ1n) is 10.7. The molecule has 0 saturated carbocycles. The fourth-order valence-corrected chi connectivity index (χ4v) is 3.91. The Bertz CT molecular complexity index is 1400. The highest BCUT2D eigenvalue weighted by atomic mass is 35.5. The van der Waals surface area contributed by atoms with Crippen molar-refractivity contribution in [3.63, 3.8) is 0 Å². The van der Waals surface area contributed by atoms with Gasteiger partial charge in [0, 0.05) is 22.3 Å². The summed E-state index contributed by atoms with van der Waals surface area (Å²) in [5.41, 5.74) is 2.32. The number of nitrogens with zero attached hydrogens (tertiary/aromatic N) is 1. The molecule has 0 bridgehead atoms. The highest BCUT2D eigenvalue weighted by Crippen LogP contribution is 2.33. The van der Waals surface area contributed by atoms with Crippen LogP contribution < -0.4 is 25.0 Å². The largest absolute Gasteiger partial charge is 0.497 e. The molecule has 0 aromatic heterocycles. The van der Waals surface area contributed by atoms with Crippen LogP contribution in [0.5, 0.6) is 11.5 Å². The number of carbonyl (C=O) groups is 3. The number of hydrogen-bond donors (Lipinski definition) is 2. The van der Waals surface area contributed by atoms with Crippen molar-refractivity contribution in [1.82, 2.24) is 0 Å². The van der Waals surface area contributed by atoms with Crippen LogP contribution in [-0.2, 0) is 9.59 Å². The van der Waals surface area contributed by atoms with Crippen molar-refractivity contribution in [1.29, 1.82) is 0 Å². The molecule has 0 atom stereocenters. The molecule has 8 nitrogen and oxygen atoms in total. The zero-order valence-corrected chi connectivity index (χ0v) is 21.0. The van der Waals surface area contributed by atoms with Crippen LogP contribution in [0.25, 0.3) is 0 Å². The maximum absolute atomic E-state index is 13.0. The number of aryl methyl sites for hydroxylation is 1. The van der Waals surface area contributed by atoms with E-state index in [1.807, 2.05) is 6.92 Å². The Morgan fingerprint density at radius 2 is 1.61 bits per heavy atom. The number of anilines is 3. The lowest BCUT2D eigenvalue weighted by Crippen LogP contribution is -2.32. The van der Waals surface area contributed by atoms with E-state index in [-0.39, 0.29) is 16.6 Å². The van der Waals surface area contributed by atoms with Crippen LogP contribution in [0.2, 0.25) is 5.02 Å². The number of benzene rings is 3. The van der Waals surface area contributed by atoms with Gasteiger partial charge in [-0.05, 0) is 61.0 Å². The van der Waals surface area contributed by atoms with Crippen molar-refractivity contribution >= 4 is 58.0 Å². The first-order chi connectivity index (χ1) is 17.2. The van der Waals surface area contributed by atoms with Crippen LogP contribution >= 0.6 is 23.2 Å². The standard InChI is InChI=1S/C26H21Cl2N3O5/c1-14-4-9-17(12-19(14)27)31-25(33)22(28)23(26(31)34)29-16-7-5-15(6-8-16)24(32)30-20-13-18(35-2)10-11-21(20)36-3/h4-13,29H,1-3H3,(H,30,32). The van der Waals surface area contributed by atoms with E-state index in [1.54, 1.807) is 54.6 Å². The zero-order valence-electron chi connectivity index (χ0n) is 19.5. The second-order valence-corrected chi connectivity index (χ2v) is 8.58. The molecule has 2 N–H and O–H groups in total. The van der Waals surface area contributed by atoms with E-state index in [2.05, 4.69) is 10.6 Å². The average molecular weight is 526 g/mol. The maximum Gasteiger partial charge on any atom is 0.283 e. The van der Waals surface area contributed by atoms with Crippen LogP contribution in [-0.4, -0.2) is 31.9 Å². The number of methoxy groups -OCH3 is 2. The number of halogens is 2. The summed E-state index contributed by atoms with van der Waals surface area (Å²) in [6.07, 6.45) is 0. The fourth-order valence-electron chi connectivity index (χ4n) is 3.52. The van der Waals surface area contributed by atoms with Gasteiger partial charge in [-0.15, -0.1) is 0 Å². The smallest absolute Gasteiger partial charge is 0.283 e. The normalized spacial score (nSPS) is 13.2. The van der Waals surface area contributed by atoms with Crippen molar-refractivity contribution in [3.05, 3.63) is 87.5 Å². The molecule has 1 aliphatic rings. The Morgan fingerprint density at radius 3 is 2.25 bits per heavy atom. The monoisotopic (exact) mass is 525 g/mol. The van der Waals surface area contributed by atoms with Crippen molar-refractivity contribution in [2.45, 2.75) is 6.92 Å². The molecule has 0 fully saturated rings. The summed E-state index contributed by atoms with van der Waals surface area (Å²) < 4.78 is 10.5. The number of imide groups is 1. The summed E-state index contributed by atoms with van der Waals surface area (Å²) in [5, 5.41) is 5.84. The molecule has 10 heteroatoms. The van der Waals surface area contributed by atoms with Crippen molar-refractivity contribution in [3.8, 4) is 11.5 Å². The van der Waals surface area contributed by atoms with E-state index < -0.39 is 11.8 Å². The van der Waals surface area contributed by atoms with E-state index >= 15 is 0 Å². The van der Waals surface area contributed by atoms with E-state index in [0.717, 1.165) is 10.5 Å². The first kappa shape index (κ1) is 25.1. The van der Waals surface area contributed by atoms with E-state index in [0.29, 0.717) is 39.1 Å². The van der Waals surface area contributed by atoms with Crippen LogP contribution in [0, 0.1) is 6.92 Å². The van der Waals surface area contributed by atoms with Gasteiger partial charge in [-0.1, -0.05) is 29.3 Å². The molecule has 0 spiro atoms. The molecule has 0 aliphatic carbocycles. The van der Waals surface area contributed by atoms with Gasteiger partial charge in [0.25, 0.3) is 17.7 Å². The zero-order chi connectivity index (χ0) is 26.0. The third-order valence-electron chi connectivity index (χ3n) is 5.51. The fraction of sp³-hybridized carbons (Fsp3) is 0.115. The Labute approximate surface area is 217 Å². The minimum absolute atomic E-state index is 0.0725. The van der Waals surface area contributed by atoms with Crippen molar-refractivity contribution in [2.75, 3.05) is 29.8 Å². The van der Waals surface area contributed by atoms with Crippen molar-refractivity contribution in [2.24, 2.45) is 0 Å². The summed E-state index contributed by atoms with van der Waals surface area (Å²) in [7, 11) is 3.03. The second kappa shape index (κ2) is 10.3. The van der Waals surface area contributed by atoms with Gasteiger partial charge in [0.05, 0.1) is 25.6 Å². The number of ether oxygens (including phenoxy) is 2. The molecule has 3 aromatic rings. The van der Waals surface area contributed by atoms with Gasteiger partial charge >= 0.3 is 0 Å². The summed E-state index contributed by atoms with van der Waals surface area (Å²) >= 11 is 12.4. The maximum atomic E-state index is 13.0. The molecular formula is C26H21Cl2N3O5. The van der Waals surface area contributed by atoms with Crippen LogP contribution in [0.4, 0.5) is 17.1 Å². The Balaban J connectivity index is 1.49. The lowest BCUT2D eigenvalue weighted by molar-refractivity contribution is -0.120. The molecule has 1 heterocycles. The van der Waals surface area contributed by atoms with Gasteiger partial charge in [-0.25, -0.2) is 4.90 Å². The molecule has 3 aromatic carbocycles. The molecule has 3 amide bonds. The van der Waals surface area contributed by atoms with Crippen molar-refractivity contribution < 1.29 is 23.9 Å². The SMILES string of the molecule is COc1ccc(OC)c(NC(=O)c2ccc(NC3=C(Cl)C(=O)N(c4ccc(C)c(Cl)c4)C3=O)cc2)c1. The highest BCUT2D eigenvalue weighted by molar-refractivity contribution is 6.53. The van der Waals surface area contributed by atoms with Gasteiger partial charge in [0.15, 0.2) is 0 Å². The molecule has 4 rings (SSSR count). The van der Waals surface area contributed by atoms with E-state index in [9.17, 15) is 14.4 Å². The molecule has 184 valence electrons. The third kappa shape index (κ3) is 4.86. The summed E-state index contributed by atoms with van der Waals surface area (Å²) in [6, 6.07) is 16.2. The molecule has 0 radical (unpaired) electrons. The van der Waals surface area contributed by atoms with Crippen LogP contribution in [0.15, 0.2) is 71.4 Å². The van der Waals surface area contributed by atoms with E-state index in [4.69, 9.17) is 32.7 Å². The summed E-state index contributed by atoms with van der Waals surface area (Å²) in [6.45, 7) is 1.81. The number of rotatable bonds is 7. The number of nitrogens with one attached hydrogen (secondary N) is 2. The third-order valence-corrected chi connectivity index (χ3v) is 6.27. The first-order valence-corrected chi connectivity index (χ1v) is 11.4. The summed E-state index contributed by atoms with van der Waals surface area (Å²) in [4.78, 5) is 39.4. The Kier molecular flexibility index (Phi) is 7.19. The minimum Gasteiger partial charge on any atom is -0.497 e. The average Bonchev–Trinajstić information content (AvgIpc) is 3.09. The topological polar surface area (TPSA) is 97.0 Å². The molecule has 0 saturated heterocycles. The van der Waals surface area contributed by atoms with E-state index in [1.165, 1.54) is 20.3 Å². The molecule has 1 aliphatic heterocycles. The van der Waals surface area contributed by atoms with Gasteiger partial charge in [-0.3, -0.25) is 14.4 Å². The molecule has 0 unspecified atom stereocenters. The van der Waals surface area contributed by atoms with Crippen LogP contribution in [0.3, 0.4) is 0 Å². The second-order valence-electron chi connectivity index (χ2n) is 7.79. The predicted octanol–water partition coefficient (Wildman–Crippen LogP) is 5.35. The van der Waals surface area contributed by atoms with Gasteiger partial charge in [0.1, 0.15) is 22.2 Å². The lowest BCUT2D eigenvalue weighted by Gasteiger charge is -2.16. The summed E-state index contributed by atoms with van der Waals surface area (Å²) in [5.74, 6) is -0.606. The molecule has 36 heavy (non-hydrogen) atoms. The lowest BCUT2D eigenvalue weighted by atomic mass is 10.1. The van der Waals surface area contributed by atoms with Gasteiger partial charge in [0.2, 0.25) is 0 Å². The van der Waals surface area contributed by atoms with Crippen LogP contribution in [0.1, 0.15) is 15.9 Å². The predicted molar refractivity (Wildman–Crippen MR) is 139 cm³/mol. The number of carbonyl (C=O) groups excluding carboxylic acids is 3. The number of hydrogen-bond acceptors (Lipinski definition) is 6. The molecular weight excluding hydrogens is 505 g/mol. The number of amides is 3. The Morgan fingerprint density at radius 1 is 0.889 bits per heavy atom. The van der Waals surface area contributed by atoms with Gasteiger partial charge in [-0.2, -0.15) is 0 Å². The highest BCUT2D eigenvalue weighted by Gasteiger charge is 2.39.